The number of hydrogen-bond donors (Lipinski definition) is 1. The Hall–Kier alpha value is -0.830. The molecule has 3 nitrogen and oxygen atoms in total. The van der Waals surface area contributed by atoms with Gasteiger partial charge in [0, 0.05) is 30.4 Å². The highest BCUT2D eigenvalue weighted by Crippen LogP contribution is 2.29. The van der Waals surface area contributed by atoms with Crippen LogP contribution in [0.3, 0.4) is 0 Å². The van der Waals surface area contributed by atoms with Gasteiger partial charge in [0.05, 0.1) is 6.33 Å². The molecule has 1 fully saturated rings. The molecule has 0 bridgehead atoms. The summed E-state index contributed by atoms with van der Waals surface area (Å²) in [5, 5.41) is 0. The zero-order valence-electron chi connectivity index (χ0n) is 12.0. The van der Waals surface area contributed by atoms with Crippen LogP contribution < -0.4 is 5.73 Å². The van der Waals surface area contributed by atoms with Crippen molar-refractivity contribution in [3.05, 3.63) is 18.2 Å². The van der Waals surface area contributed by atoms with E-state index in [9.17, 15) is 0 Å². The number of imidazole rings is 1. The van der Waals surface area contributed by atoms with Gasteiger partial charge in [0.2, 0.25) is 0 Å². The zero-order valence-corrected chi connectivity index (χ0v) is 12.0. The summed E-state index contributed by atoms with van der Waals surface area (Å²) in [5.41, 5.74) is 7.23. The van der Waals surface area contributed by atoms with Crippen molar-refractivity contribution in [2.45, 2.75) is 65.0 Å². The third-order valence-electron chi connectivity index (χ3n) is 4.03. The van der Waals surface area contributed by atoms with E-state index < -0.39 is 0 Å². The van der Waals surface area contributed by atoms with E-state index in [1.54, 1.807) is 0 Å². The van der Waals surface area contributed by atoms with Crippen LogP contribution in [0.2, 0.25) is 0 Å². The van der Waals surface area contributed by atoms with E-state index in [4.69, 9.17) is 5.73 Å². The highest BCUT2D eigenvalue weighted by molar-refractivity contribution is 5.03. The number of rotatable bonds is 4. The number of nitrogens with two attached hydrogens (primary N) is 1. The topological polar surface area (TPSA) is 43.8 Å². The van der Waals surface area contributed by atoms with E-state index in [0.717, 1.165) is 24.8 Å². The molecule has 1 heterocycles. The Morgan fingerprint density at radius 1 is 1.33 bits per heavy atom. The van der Waals surface area contributed by atoms with Crippen molar-refractivity contribution in [2.75, 3.05) is 0 Å². The maximum atomic E-state index is 6.11. The molecular weight excluding hydrogens is 222 g/mol. The number of hydrogen-bond acceptors (Lipinski definition) is 2. The maximum Gasteiger partial charge on any atom is 0.0948 e. The molecule has 18 heavy (non-hydrogen) atoms. The molecule has 0 atom stereocenters. The van der Waals surface area contributed by atoms with Crippen molar-refractivity contribution >= 4 is 0 Å². The second kappa shape index (κ2) is 5.43. The van der Waals surface area contributed by atoms with E-state index in [-0.39, 0.29) is 5.54 Å². The van der Waals surface area contributed by atoms with Gasteiger partial charge in [0.25, 0.3) is 0 Å². The van der Waals surface area contributed by atoms with E-state index in [1.165, 1.54) is 31.4 Å². The summed E-state index contributed by atoms with van der Waals surface area (Å²) in [5.74, 6) is 1.75. The number of aromatic nitrogens is 2. The zero-order chi connectivity index (χ0) is 13.2. The molecule has 2 N–H and O–H groups in total. The Balaban J connectivity index is 1.95. The molecule has 0 unspecified atom stereocenters. The van der Waals surface area contributed by atoms with Gasteiger partial charge in [0.15, 0.2) is 0 Å². The van der Waals surface area contributed by atoms with Gasteiger partial charge in [-0.1, -0.05) is 19.8 Å². The summed E-state index contributed by atoms with van der Waals surface area (Å²) in [6.07, 6.45) is 10.3. The van der Waals surface area contributed by atoms with Crippen LogP contribution in [0, 0.1) is 11.8 Å². The van der Waals surface area contributed by atoms with Crippen molar-refractivity contribution in [3.63, 3.8) is 0 Å². The molecule has 0 spiro atoms. The van der Waals surface area contributed by atoms with Crippen molar-refractivity contribution in [1.29, 1.82) is 0 Å². The number of nitrogens with zero attached hydrogens (tertiary/aromatic N) is 2. The quantitative estimate of drug-likeness (QED) is 0.891. The molecule has 0 radical (unpaired) electrons. The van der Waals surface area contributed by atoms with Crippen LogP contribution in [0.5, 0.6) is 0 Å². The molecule has 0 saturated heterocycles. The molecule has 3 heteroatoms. The Morgan fingerprint density at radius 3 is 2.61 bits per heavy atom. The van der Waals surface area contributed by atoms with Crippen LogP contribution in [0.4, 0.5) is 0 Å². The summed E-state index contributed by atoms with van der Waals surface area (Å²) in [6, 6.07) is 0. The molecule has 2 rings (SSSR count). The fourth-order valence-corrected chi connectivity index (χ4v) is 2.92. The Morgan fingerprint density at radius 2 is 2.00 bits per heavy atom. The minimum atomic E-state index is -0.154. The Kier molecular flexibility index (Phi) is 4.10. The van der Waals surface area contributed by atoms with Crippen LogP contribution in [0.1, 0.15) is 52.1 Å². The average Bonchev–Trinajstić information content (AvgIpc) is 2.67. The molecule has 1 aromatic heterocycles. The van der Waals surface area contributed by atoms with Crippen molar-refractivity contribution in [1.82, 2.24) is 9.55 Å². The van der Waals surface area contributed by atoms with E-state index in [1.807, 2.05) is 12.5 Å². The smallest absolute Gasteiger partial charge is 0.0948 e. The summed E-state index contributed by atoms with van der Waals surface area (Å²) >= 11 is 0. The minimum absolute atomic E-state index is 0.154. The lowest BCUT2D eigenvalue weighted by molar-refractivity contribution is 0.262. The molecule has 1 aliphatic carbocycles. The molecule has 1 saturated carbocycles. The summed E-state index contributed by atoms with van der Waals surface area (Å²) < 4.78 is 2.31. The van der Waals surface area contributed by atoms with Gasteiger partial charge in [-0.3, -0.25) is 0 Å². The largest absolute Gasteiger partial charge is 0.334 e. The van der Waals surface area contributed by atoms with Gasteiger partial charge < -0.3 is 10.3 Å². The molecule has 1 aromatic rings. The third-order valence-corrected chi connectivity index (χ3v) is 4.03. The van der Waals surface area contributed by atoms with Crippen LogP contribution in [0.25, 0.3) is 0 Å². The highest BCUT2D eigenvalue weighted by Gasteiger charge is 2.20. The lowest BCUT2D eigenvalue weighted by Gasteiger charge is -2.27. The Labute approximate surface area is 111 Å². The van der Waals surface area contributed by atoms with Gasteiger partial charge in [-0.2, -0.15) is 0 Å². The van der Waals surface area contributed by atoms with Gasteiger partial charge >= 0.3 is 0 Å². The predicted octanol–water partition coefficient (Wildman–Crippen LogP) is 2.99. The van der Waals surface area contributed by atoms with Crippen LogP contribution in [-0.2, 0) is 13.0 Å². The van der Waals surface area contributed by atoms with Crippen LogP contribution >= 0.6 is 0 Å². The van der Waals surface area contributed by atoms with Gasteiger partial charge in [-0.25, -0.2) is 4.98 Å². The molecule has 1 aliphatic rings. The maximum absolute atomic E-state index is 6.11. The second-order valence-electron chi connectivity index (χ2n) is 6.83. The third kappa shape index (κ3) is 3.84. The molecule has 0 aliphatic heterocycles. The van der Waals surface area contributed by atoms with Crippen molar-refractivity contribution < 1.29 is 0 Å². The van der Waals surface area contributed by atoms with Gasteiger partial charge in [-0.15, -0.1) is 0 Å². The molecule has 102 valence electrons. The Bertz CT molecular complexity index is 367. The fourth-order valence-electron chi connectivity index (χ4n) is 2.92. The highest BCUT2D eigenvalue weighted by atomic mass is 15.0. The average molecular weight is 249 g/mol. The molecular formula is C15H27N3. The fraction of sp³-hybridized carbons (Fsp3) is 0.800. The van der Waals surface area contributed by atoms with Crippen molar-refractivity contribution in [3.8, 4) is 0 Å². The first-order chi connectivity index (χ1) is 8.44. The SMILES string of the molecule is CC1CCC(Cn2cncc2CC(C)(C)N)CC1. The van der Waals surface area contributed by atoms with E-state index in [2.05, 4.69) is 30.3 Å². The second-order valence-corrected chi connectivity index (χ2v) is 6.83. The van der Waals surface area contributed by atoms with Crippen LogP contribution in [0.15, 0.2) is 12.5 Å². The normalized spacial score (nSPS) is 25.3. The lowest BCUT2D eigenvalue weighted by Crippen LogP contribution is -2.35. The lowest BCUT2D eigenvalue weighted by atomic mass is 9.83. The monoisotopic (exact) mass is 249 g/mol. The predicted molar refractivity (Wildman–Crippen MR) is 75.3 cm³/mol. The van der Waals surface area contributed by atoms with E-state index in [0.29, 0.717) is 0 Å². The standard InChI is InChI=1S/C15H27N3/c1-12-4-6-13(7-5-12)10-18-11-17-9-14(18)8-15(2,3)16/h9,11-13H,4-8,10,16H2,1-3H3. The first kappa shape index (κ1) is 13.6. The summed E-state index contributed by atoms with van der Waals surface area (Å²) in [6.45, 7) is 7.65. The molecule has 0 aromatic carbocycles. The minimum Gasteiger partial charge on any atom is -0.334 e. The first-order valence-corrected chi connectivity index (χ1v) is 7.22. The van der Waals surface area contributed by atoms with Crippen LogP contribution in [-0.4, -0.2) is 15.1 Å². The van der Waals surface area contributed by atoms with E-state index >= 15 is 0 Å². The van der Waals surface area contributed by atoms with Gasteiger partial charge in [0.1, 0.15) is 0 Å². The molecule has 0 amide bonds. The summed E-state index contributed by atoms with van der Waals surface area (Å²) in [7, 11) is 0. The van der Waals surface area contributed by atoms with Crippen molar-refractivity contribution in [2.24, 2.45) is 17.6 Å². The summed E-state index contributed by atoms with van der Waals surface area (Å²) in [4.78, 5) is 4.29. The first-order valence-electron chi connectivity index (χ1n) is 7.22. The van der Waals surface area contributed by atoms with Gasteiger partial charge in [-0.05, 0) is 38.5 Å².